The summed E-state index contributed by atoms with van der Waals surface area (Å²) in [4.78, 5) is 8.46. The van der Waals surface area contributed by atoms with Crippen LogP contribution in [0.15, 0.2) is 30.3 Å². The van der Waals surface area contributed by atoms with E-state index >= 15 is 0 Å². The second-order valence-corrected chi connectivity index (χ2v) is 4.67. The highest BCUT2D eigenvalue weighted by molar-refractivity contribution is 5.64. The molecule has 3 N–H and O–H groups in total. The Hall–Kier alpha value is -2.10. The molecule has 1 aromatic heterocycles. The maximum absolute atomic E-state index is 5.75. The van der Waals surface area contributed by atoms with E-state index in [2.05, 4.69) is 48.2 Å². The zero-order chi connectivity index (χ0) is 13.1. The topological polar surface area (TPSA) is 63.8 Å². The van der Waals surface area contributed by atoms with Crippen LogP contribution < -0.4 is 11.1 Å². The van der Waals surface area contributed by atoms with Gasteiger partial charge >= 0.3 is 0 Å². The molecule has 0 fully saturated rings. The third-order valence-electron chi connectivity index (χ3n) is 2.49. The van der Waals surface area contributed by atoms with E-state index in [4.69, 9.17) is 5.73 Å². The Bertz CT molecular complexity index is 549. The molecule has 0 spiro atoms. The Morgan fingerprint density at radius 3 is 2.61 bits per heavy atom. The van der Waals surface area contributed by atoms with Crippen LogP contribution in [0.3, 0.4) is 0 Å². The molecular formula is C14H18N4. The van der Waals surface area contributed by atoms with E-state index < -0.39 is 0 Å². The second-order valence-electron chi connectivity index (χ2n) is 4.67. The lowest BCUT2D eigenvalue weighted by atomic mass is 10.1. The van der Waals surface area contributed by atoms with Crippen LogP contribution >= 0.6 is 0 Å². The molecule has 0 radical (unpaired) electrons. The third-order valence-corrected chi connectivity index (χ3v) is 2.49. The maximum Gasteiger partial charge on any atom is 0.222 e. The summed E-state index contributed by atoms with van der Waals surface area (Å²) in [7, 11) is 0. The first kappa shape index (κ1) is 12.4. The quantitative estimate of drug-likeness (QED) is 0.868. The molecule has 0 aliphatic rings. The van der Waals surface area contributed by atoms with Crippen LogP contribution in [-0.2, 0) is 0 Å². The van der Waals surface area contributed by atoms with Crippen molar-refractivity contribution in [2.24, 2.45) is 0 Å². The lowest BCUT2D eigenvalue weighted by molar-refractivity contribution is 0.888. The lowest BCUT2D eigenvalue weighted by Gasteiger charge is -2.11. The van der Waals surface area contributed by atoms with Gasteiger partial charge in [0.15, 0.2) is 0 Å². The van der Waals surface area contributed by atoms with E-state index in [9.17, 15) is 0 Å². The highest BCUT2D eigenvalue weighted by Crippen LogP contribution is 2.21. The summed E-state index contributed by atoms with van der Waals surface area (Å²) in [6.07, 6.45) is 0. The summed E-state index contributed by atoms with van der Waals surface area (Å²) >= 11 is 0. The largest absolute Gasteiger partial charge is 0.368 e. The number of nitrogens with one attached hydrogen (secondary N) is 1. The van der Waals surface area contributed by atoms with Gasteiger partial charge in [-0.2, -0.15) is 4.98 Å². The Balaban J connectivity index is 2.41. The lowest BCUT2D eigenvalue weighted by Crippen LogP contribution is -2.12. The van der Waals surface area contributed by atoms with Crippen molar-refractivity contribution in [3.63, 3.8) is 0 Å². The number of hydrogen-bond acceptors (Lipinski definition) is 4. The number of aromatic nitrogens is 2. The van der Waals surface area contributed by atoms with Crippen molar-refractivity contribution in [3.05, 3.63) is 35.9 Å². The van der Waals surface area contributed by atoms with Crippen molar-refractivity contribution in [2.45, 2.75) is 26.8 Å². The summed E-state index contributed by atoms with van der Waals surface area (Å²) < 4.78 is 0. The molecule has 2 aromatic rings. The SMILES string of the molecule is Cc1cccc(-c2cc(NC(C)C)nc(N)n2)c1. The fraction of sp³-hybridized carbons (Fsp3) is 0.286. The van der Waals surface area contributed by atoms with Gasteiger partial charge < -0.3 is 11.1 Å². The van der Waals surface area contributed by atoms with Gasteiger partial charge in [0.2, 0.25) is 5.95 Å². The molecule has 4 heteroatoms. The smallest absolute Gasteiger partial charge is 0.222 e. The van der Waals surface area contributed by atoms with Crippen molar-refractivity contribution in [2.75, 3.05) is 11.1 Å². The summed E-state index contributed by atoms with van der Waals surface area (Å²) in [6, 6.07) is 10.4. The van der Waals surface area contributed by atoms with Crippen LogP contribution in [0.25, 0.3) is 11.3 Å². The molecule has 0 saturated heterocycles. The van der Waals surface area contributed by atoms with Gasteiger partial charge in [-0.1, -0.05) is 23.8 Å². The van der Waals surface area contributed by atoms with Crippen molar-refractivity contribution in [1.82, 2.24) is 9.97 Å². The standard InChI is InChI=1S/C14H18N4/c1-9(2)16-13-8-12(17-14(15)18-13)11-6-4-5-10(3)7-11/h4-9H,1-3H3,(H3,15,16,17,18). The highest BCUT2D eigenvalue weighted by Gasteiger charge is 2.05. The molecule has 0 saturated carbocycles. The fourth-order valence-electron chi connectivity index (χ4n) is 1.79. The molecule has 0 amide bonds. The molecule has 18 heavy (non-hydrogen) atoms. The normalized spacial score (nSPS) is 10.7. The number of nitrogens with zero attached hydrogens (tertiary/aromatic N) is 2. The van der Waals surface area contributed by atoms with Gasteiger partial charge in [0.25, 0.3) is 0 Å². The number of nitrogen functional groups attached to an aromatic ring is 1. The Labute approximate surface area is 107 Å². The molecule has 0 unspecified atom stereocenters. The van der Waals surface area contributed by atoms with E-state index in [1.165, 1.54) is 5.56 Å². The van der Waals surface area contributed by atoms with Gasteiger partial charge in [-0.15, -0.1) is 0 Å². The zero-order valence-corrected chi connectivity index (χ0v) is 10.9. The van der Waals surface area contributed by atoms with Crippen LogP contribution in [0.4, 0.5) is 11.8 Å². The molecule has 0 aliphatic carbocycles. The number of hydrogen-bond donors (Lipinski definition) is 2. The summed E-state index contributed by atoms with van der Waals surface area (Å²) in [5, 5.41) is 3.24. The van der Waals surface area contributed by atoms with Crippen molar-refractivity contribution < 1.29 is 0 Å². The third kappa shape index (κ3) is 2.97. The number of nitrogens with two attached hydrogens (primary N) is 1. The number of aryl methyl sites for hydroxylation is 1. The highest BCUT2D eigenvalue weighted by atomic mass is 15.1. The van der Waals surface area contributed by atoms with Gasteiger partial charge in [-0.3, -0.25) is 0 Å². The molecule has 4 nitrogen and oxygen atoms in total. The van der Waals surface area contributed by atoms with Crippen LogP contribution in [0, 0.1) is 6.92 Å². The van der Waals surface area contributed by atoms with Crippen LogP contribution in [0.1, 0.15) is 19.4 Å². The van der Waals surface area contributed by atoms with Crippen molar-refractivity contribution >= 4 is 11.8 Å². The minimum absolute atomic E-state index is 0.289. The predicted octanol–water partition coefficient (Wildman–Crippen LogP) is 2.85. The first-order valence-corrected chi connectivity index (χ1v) is 6.03. The fourth-order valence-corrected chi connectivity index (χ4v) is 1.79. The molecular weight excluding hydrogens is 224 g/mol. The molecule has 0 bridgehead atoms. The van der Waals surface area contributed by atoms with E-state index in [1.807, 2.05) is 18.2 Å². The molecule has 2 rings (SSSR count). The minimum atomic E-state index is 0.289. The molecule has 94 valence electrons. The summed E-state index contributed by atoms with van der Waals surface area (Å²) in [6.45, 7) is 6.18. The Morgan fingerprint density at radius 1 is 1.17 bits per heavy atom. The number of benzene rings is 1. The Morgan fingerprint density at radius 2 is 1.94 bits per heavy atom. The molecule has 1 heterocycles. The first-order chi connectivity index (χ1) is 8.54. The summed E-state index contributed by atoms with van der Waals surface area (Å²) in [5.41, 5.74) is 8.84. The van der Waals surface area contributed by atoms with E-state index in [0.29, 0.717) is 6.04 Å². The van der Waals surface area contributed by atoms with E-state index in [1.54, 1.807) is 0 Å². The summed E-state index contributed by atoms with van der Waals surface area (Å²) in [5.74, 6) is 1.05. The Kier molecular flexibility index (Phi) is 3.46. The van der Waals surface area contributed by atoms with Crippen LogP contribution in [-0.4, -0.2) is 16.0 Å². The predicted molar refractivity (Wildman–Crippen MR) is 75.4 cm³/mol. The van der Waals surface area contributed by atoms with Crippen molar-refractivity contribution in [1.29, 1.82) is 0 Å². The number of rotatable bonds is 3. The second kappa shape index (κ2) is 5.04. The van der Waals surface area contributed by atoms with E-state index in [0.717, 1.165) is 17.1 Å². The van der Waals surface area contributed by atoms with Gasteiger partial charge in [-0.25, -0.2) is 4.98 Å². The van der Waals surface area contributed by atoms with Gasteiger partial charge in [0.1, 0.15) is 5.82 Å². The van der Waals surface area contributed by atoms with Crippen molar-refractivity contribution in [3.8, 4) is 11.3 Å². The average molecular weight is 242 g/mol. The minimum Gasteiger partial charge on any atom is -0.368 e. The van der Waals surface area contributed by atoms with Crippen LogP contribution in [0.2, 0.25) is 0 Å². The number of anilines is 2. The zero-order valence-electron chi connectivity index (χ0n) is 10.9. The monoisotopic (exact) mass is 242 g/mol. The molecule has 1 aromatic carbocycles. The maximum atomic E-state index is 5.75. The van der Waals surface area contributed by atoms with Crippen LogP contribution in [0.5, 0.6) is 0 Å². The van der Waals surface area contributed by atoms with Gasteiger partial charge in [0.05, 0.1) is 5.69 Å². The first-order valence-electron chi connectivity index (χ1n) is 6.03. The average Bonchev–Trinajstić information content (AvgIpc) is 2.27. The van der Waals surface area contributed by atoms with E-state index in [-0.39, 0.29) is 5.95 Å². The van der Waals surface area contributed by atoms with Gasteiger partial charge in [-0.05, 0) is 26.8 Å². The van der Waals surface area contributed by atoms with Gasteiger partial charge in [0, 0.05) is 17.7 Å². The molecule has 0 aliphatic heterocycles. The molecule has 0 atom stereocenters.